The van der Waals surface area contributed by atoms with E-state index in [1.165, 1.54) is 12.1 Å². The van der Waals surface area contributed by atoms with Crippen LogP contribution in [0.2, 0.25) is 0 Å². The number of rotatable bonds is 6. The molecule has 0 saturated heterocycles. The first-order chi connectivity index (χ1) is 16.2. The van der Waals surface area contributed by atoms with Crippen LogP contribution in [0.25, 0.3) is 33.0 Å². The molecular weight excluding hydrogens is 457 g/mol. The highest BCUT2D eigenvalue weighted by atomic mass is 19.2. The average Bonchev–Trinajstić information content (AvgIpc) is 2.77. The molecule has 0 N–H and O–H groups in total. The molecule has 0 aliphatic rings. The van der Waals surface area contributed by atoms with Crippen LogP contribution in [0.4, 0.5) is 30.7 Å². The van der Waals surface area contributed by atoms with Gasteiger partial charge in [0, 0.05) is 5.56 Å². The Morgan fingerprint density at radius 1 is 0.588 bits per heavy atom. The molecule has 4 aromatic rings. The Morgan fingerprint density at radius 3 is 1.91 bits per heavy atom. The minimum absolute atomic E-state index is 0.00657. The van der Waals surface area contributed by atoms with E-state index < -0.39 is 57.1 Å². The van der Waals surface area contributed by atoms with Crippen molar-refractivity contribution in [2.24, 2.45) is 0 Å². The Balaban J connectivity index is 1.76. The number of hydrogen-bond acceptors (Lipinski definition) is 0. The van der Waals surface area contributed by atoms with Crippen LogP contribution in [0.15, 0.2) is 48.5 Å². The molecule has 0 aromatic heterocycles. The summed E-state index contributed by atoms with van der Waals surface area (Å²) in [5.41, 5.74) is -0.297. The molecule has 0 atom stereocenters. The third-order valence-electron chi connectivity index (χ3n) is 5.77. The lowest BCUT2D eigenvalue weighted by molar-refractivity contribution is 0.451. The van der Waals surface area contributed by atoms with Gasteiger partial charge in [-0.1, -0.05) is 31.9 Å². The largest absolute Gasteiger partial charge is 0.206 e. The van der Waals surface area contributed by atoms with Crippen molar-refractivity contribution >= 4 is 10.8 Å². The SMILES string of the molecule is CCCCCc1ccc(-c2cc(F)c(-c3cc(F)c4c(F)c(F)c(F)cc4c3)c(F)c2)c(F)c1. The zero-order valence-corrected chi connectivity index (χ0v) is 18.1. The van der Waals surface area contributed by atoms with Gasteiger partial charge in [-0.25, -0.2) is 30.7 Å². The van der Waals surface area contributed by atoms with E-state index in [1.54, 1.807) is 6.07 Å². The second-order valence-electron chi connectivity index (χ2n) is 8.13. The predicted molar refractivity (Wildman–Crippen MR) is 118 cm³/mol. The van der Waals surface area contributed by atoms with E-state index in [0.29, 0.717) is 18.6 Å². The van der Waals surface area contributed by atoms with Gasteiger partial charge in [-0.15, -0.1) is 0 Å². The normalized spacial score (nSPS) is 11.4. The van der Waals surface area contributed by atoms with Gasteiger partial charge in [0.05, 0.1) is 10.9 Å². The van der Waals surface area contributed by atoms with E-state index in [2.05, 4.69) is 6.92 Å². The molecular formula is C27H19F7. The van der Waals surface area contributed by atoms with Gasteiger partial charge >= 0.3 is 0 Å². The molecule has 7 heteroatoms. The molecule has 0 unspecified atom stereocenters. The van der Waals surface area contributed by atoms with Crippen molar-refractivity contribution in [3.05, 3.63) is 94.8 Å². The zero-order valence-electron chi connectivity index (χ0n) is 18.1. The Morgan fingerprint density at radius 2 is 1.26 bits per heavy atom. The molecule has 0 amide bonds. The first-order valence-electron chi connectivity index (χ1n) is 10.8. The Hall–Kier alpha value is -3.35. The molecule has 176 valence electrons. The third-order valence-corrected chi connectivity index (χ3v) is 5.77. The van der Waals surface area contributed by atoms with Gasteiger partial charge in [0.15, 0.2) is 17.5 Å². The number of unbranched alkanes of at least 4 members (excludes halogenated alkanes) is 2. The summed E-state index contributed by atoms with van der Waals surface area (Å²) in [7, 11) is 0. The summed E-state index contributed by atoms with van der Waals surface area (Å²) in [6, 6.07) is 8.41. The van der Waals surface area contributed by atoms with Crippen LogP contribution >= 0.6 is 0 Å². The quantitative estimate of drug-likeness (QED) is 0.148. The second kappa shape index (κ2) is 9.49. The lowest BCUT2D eigenvalue weighted by Gasteiger charge is -2.12. The van der Waals surface area contributed by atoms with Gasteiger partial charge in [0.25, 0.3) is 0 Å². The first kappa shape index (κ1) is 23.8. The molecule has 0 radical (unpaired) electrons. The molecule has 0 saturated carbocycles. The van der Waals surface area contributed by atoms with Gasteiger partial charge in [-0.3, -0.25) is 0 Å². The van der Waals surface area contributed by atoms with Crippen molar-refractivity contribution in [3.8, 4) is 22.3 Å². The number of benzene rings is 4. The lowest BCUT2D eigenvalue weighted by atomic mass is 9.95. The van der Waals surface area contributed by atoms with Crippen molar-refractivity contribution in [1.29, 1.82) is 0 Å². The predicted octanol–water partition coefficient (Wildman–Crippen LogP) is 8.88. The fraction of sp³-hybridized carbons (Fsp3) is 0.185. The summed E-state index contributed by atoms with van der Waals surface area (Å²) < 4.78 is 100. The fourth-order valence-corrected chi connectivity index (χ4v) is 4.06. The maximum atomic E-state index is 15.0. The molecule has 0 aliphatic heterocycles. The Bertz CT molecular complexity index is 1370. The van der Waals surface area contributed by atoms with Gasteiger partial charge in [-0.05, 0) is 71.3 Å². The van der Waals surface area contributed by atoms with Crippen molar-refractivity contribution in [2.75, 3.05) is 0 Å². The lowest BCUT2D eigenvalue weighted by Crippen LogP contribution is -1.98. The molecule has 0 spiro atoms. The monoisotopic (exact) mass is 476 g/mol. The molecule has 0 aliphatic carbocycles. The first-order valence-corrected chi connectivity index (χ1v) is 10.8. The van der Waals surface area contributed by atoms with Gasteiger partial charge in [0.1, 0.15) is 23.3 Å². The van der Waals surface area contributed by atoms with Crippen molar-refractivity contribution in [3.63, 3.8) is 0 Å². The highest BCUT2D eigenvalue weighted by Gasteiger charge is 2.21. The molecule has 0 heterocycles. The number of hydrogen-bond donors (Lipinski definition) is 0. The number of halogens is 7. The zero-order chi connectivity index (χ0) is 24.6. The number of aryl methyl sites for hydroxylation is 1. The molecule has 4 rings (SSSR count). The van der Waals surface area contributed by atoms with Gasteiger partial charge in [0.2, 0.25) is 0 Å². The molecule has 4 aromatic carbocycles. The Labute approximate surface area is 191 Å². The van der Waals surface area contributed by atoms with Crippen LogP contribution in [0.5, 0.6) is 0 Å². The maximum Gasteiger partial charge on any atom is 0.195 e. The van der Waals surface area contributed by atoms with E-state index in [4.69, 9.17) is 0 Å². The highest BCUT2D eigenvalue weighted by Crippen LogP contribution is 2.36. The van der Waals surface area contributed by atoms with Gasteiger partial charge < -0.3 is 0 Å². The molecule has 0 bridgehead atoms. The van der Waals surface area contributed by atoms with Crippen molar-refractivity contribution < 1.29 is 30.7 Å². The van der Waals surface area contributed by atoms with Crippen LogP contribution in [0.1, 0.15) is 31.7 Å². The molecule has 0 fully saturated rings. The maximum absolute atomic E-state index is 15.0. The van der Waals surface area contributed by atoms with Crippen molar-refractivity contribution in [2.45, 2.75) is 32.6 Å². The van der Waals surface area contributed by atoms with E-state index in [9.17, 15) is 30.7 Å². The van der Waals surface area contributed by atoms with Crippen molar-refractivity contribution in [1.82, 2.24) is 0 Å². The smallest absolute Gasteiger partial charge is 0.195 e. The molecule has 0 nitrogen and oxygen atoms in total. The van der Waals surface area contributed by atoms with Crippen LogP contribution in [-0.4, -0.2) is 0 Å². The summed E-state index contributed by atoms with van der Waals surface area (Å²) in [5, 5.41) is -1.24. The van der Waals surface area contributed by atoms with Crippen LogP contribution in [0.3, 0.4) is 0 Å². The second-order valence-corrected chi connectivity index (χ2v) is 8.13. The number of fused-ring (bicyclic) bond motifs is 1. The van der Waals surface area contributed by atoms with E-state index in [-0.39, 0.29) is 16.7 Å². The van der Waals surface area contributed by atoms with Gasteiger partial charge in [-0.2, -0.15) is 0 Å². The van der Waals surface area contributed by atoms with E-state index in [0.717, 1.165) is 43.0 Å². The summed E-state index contributed by atoms with van der Waals surface area (Å²) in [5.74, 6) is -9.33. The van der Waals surface area contributed by atoms with Crippen LogP contribution in [-0.2, 0) is 6.42 Å². The fourth-order valence-electron chi connectivity index (χ4n) is 4.06. The van der Waals surface area contributed by atoms with E-state index in [1.807, 2.05) is 0 Å². The van der Waals surface area contributed by atoms with E-state index >= 15 is 0 Å². The highest BCUT2D eigenvalue weighted by molar-refractivity contribution is 5.89. The summed E-state index contributed by atoms with van der Waals surface area (Å²) in [6.45, 7) is 2.05. The summed E-state index contributed by atoms with van der Waals surface area (Å²) >= 11 is 0. The summed E-state index contributed by atoms with van der Waals surface area (Å²) in [4.78, 5) is 0. The standard InChI is InChI=1S/C27H19F7/c1-2-3-4-5-14-6-7-18(19(28)8-14)15-10-20(29)24(21(30)11-15)16-9-17-13-23(32)26(33)27(34)25(17)22(31)12-16/h6-13H,2-5H2,1H3. The van der Waals surface area contributed by atoms with Crippen LogP contribution < -0.4 is 0 Å². The third kappa shape index (κ3) is 4.39. The minimum Gasteiger partial charge on any atom is -0.206 e. The molecule has 34 heavy (non-hydrogen) atoms. The average molecular weight is 476 g/mol. The summed E-state index contributed by atoms with van der Waals surface area (Å²) in [6.07, 6.45) is 3.61. The minimum atomic E-state index is -1.85. The topological polar surface area (TPSA) is 0 Å². The van der Waals surface area contributed by atoms with Crippen LogP contribution in [0, 0.1) is 40.7 Å². The Kier molecular flexibility index (Phi) is 6.64.